The van der Waals surface area contributed by atoms with Crippen molar-refractivity contribution in [1.82, 2.24) is 0 Å². The van der Waals surface area contributed by atoms with Crippen LogP contribution in [0.2, 0.25) is 0 Å². The summed E-state index contributed by atoms with van der Waals surface area (Å²) in [5.74, 6) is 0.920. The minimum Gasteiger partial charge on any atom is -0.495 e. The van der Waals surface area contributed by atoms with E-state index in [1.165, 1.54) is 5.56 Å². The van der Waals surface area contributed by atoms with Crippen LogP contribution in [0, 0.1) is 0 Å². The van der Waals surface area contributed by atoms with Crippen molar-refractivity contribution in [2.24, 2.45) is 0 Å². The molecule has 1 saturated heterocycles. The van der Waals surface area contributed by atoms with E-state index in [1.807, 2.05) is 0 Å². The Kier molecular flexibility index (Phi) is 4.92. The van der Waals surface area contributed by atoms with Crippen LogP contribution in [0.15, 0.2) is 18.2 Å². The first-order valence-corrected chi connectivity index (χ1v) is 7.53. The molecule has 0 aromatic heterocycles. The molecule has 0 aliphatic carbocycles. The quantitative estimate of drug-likeness (QED) is 0.906. The first kappa shape index (κ1) is 15.2. The van der Waals surface area contributed by atoms with Gasteiger partial charge in [0.15, 0.2) is 0 Å². The van der Waals surface area contributed by atoms with Gasteiger partial charge >= 0.3 is 0 Å². The van der Waals surface area contributed by atoms with Gasteiger partial charge in [0.05, 0.1) is 12.8 Å². The standard InChI is InChI=1S/C17H27NO2/c1-17(2,3)13-7-8-16(19-4)15(12-13)18-14-6-5-10-20-11-9-14/h7-8,12,14,18H,5-6,9-11H2,1-4H3. The fourth-order valence-electron chi connectivity index (χ4n) is 2.56. The highest BCUT2D eigenvalue weighted by molar-refractivity contribution is 5.59. The SMILES string of the molecule is COc1ccc(C(C)(C)C)cc1NC1CCCOCC1. The van der Waals surface area contributed by atoms with Crippen LogP contribution >= 0.6 is 0 Å². The third-order valence-electron chi connectivity index (χ3n) is 3.88. The minimum atomic E-state index is 0.148. The Balaban J connectivity index is 2.19. The summed E-state index contributed by atoms with van der Waals surface area (Å²) in [6.45, 7) is 8.44. The summed E-state index contributed by atoms with van der Waals surface area (Å²) in [5.41, 5.74) is 2.58. The minimum absolute atomic E-state index is 0.148. The molecule has 1 heterocycles. The number of benzene rings is 1. The zero-order valence-corrected chi connectivity index (χ0v) is 13.2. The number of hydrogen-bond donors (Lipinski definition) is 1. The normalized spacial score (nSPS) is 20.3. The molecule has 0 spiro atoms. The van der Waals surface area contributed by atoms with Crippen LogP contribution < -0.4 is 10.1 Å². The lowest BCUT2D eigenvalue weighted by molar-refractivity contribution is 0.144. The molecule has 1 N–H and O–H groups in total. The third-order valence-corrected chi connectivity index (χ3v) is 3.88. The number of nitrogens with one attached hydrogen (secondary N) is 1. The summed E-state index contributed by atoms with van der Waals surface area (Å²) in [6.07, 6.45) is 3.34. The van der Waals surface area contributed by atoms with E-state index >= 15 is 0 Å². The largest absolute Gasteiger partial charge is 0.495 e. The van der Waals surface area contributed by atoms with Crippen LogP contribution in [0.1, 0.15) is 45.6 Å². The maximum absolute atomic E-state index is 5.53. The summed E-state index contributed by atoms with van der Waals surface area (Å²) >= 11 is 0. The van der Waals surface area contributed by atoms with E-state index in [9.17, 15) is 0 Å². The van der Waals surface area contributed by atoms with Crippen molar-refractivity contribution in [2.75, 3.05) is 25.6 Å². The van der Waals surface area contributed by atoms with Crippen molar-refractivity contribution < 1.29 is 9.47 Å². The predicted molar refractivity (Wildman–Crippen MR) is 83.8 cm³/mol. The zero-order chi connectivity index (χ0) is 14.6. The first-order chi connectivity index (χ1) is 9.50. The van der Waals surface area contributed by atoms with Crippen molar-refractivity contribution in [3.05, 3.63) is 23.8 Å². The number of rotatable bonds is 3. The molecule has 1 fully saturated rings. The molecule has 2 rings (SSSR count). The molecular formula is C17H27NO2. The van der Waals surface area contributed by atoms with Gasteiger partial charge in [-0.3, -0.25) is 0 Å². The lowest BCUT2D eigenvalue weighted by Gasteiger charge is -2.24. The molecule has 1 aromatic carbocycles. The summed E-state index contributed by atoms with van der Waals surface area (Å²) in [7, 11) is 1.73. The van der Waals surface area contributed by atoms with Gasteiger partial charge in [-0.25, -0.2) is 0 Å². The number of methoxy groups -OCH3 is 1. The van der Waals surface area contributed by atoms with Gasteiger partial charge < -0.3 is 14.8 Å². The monoisotopic (exact) mass is 277 g/mol. The molecule has 112 valence electrons. The molecule has 1 atom stereocenters. The number of anilines is 1. The average Bonchev–Trinajstić information content (AvgIpc) is 2.66. The van der Waals surface area contributed by atoms with Crippen LogP contribution in [0.4, 0.5) is 5.69 Å². The molecule has 3 heteroatoms. The fourth-order valence-corrected chi connectivity index (χ4v) is 2.56. The molecular weight excluding hydrogens is 250 g/mol. The third kappa shape index (κ3) is 3.89. The highest BCUT2D eigenvalue weighted by Crippen LogP contribution is 2.32. The molecule has 0 saturated carbocycles. The lowest BCUT2D eigenvalue weighted by atomic mass is 9.86. The Bertz CT molecular complexity index is 429. The van der Waals surface area contributed by atoms with Gasteiger partial charge in [-0.15, -0.1) is 0 Å². The van der Waals surface area contributed by atoms with Crippen molar-refractivity contribution in [3.63, 3.8) is 0 Å². The molecule has 3 nitrogen and oxygen atoms in total. The highest BCUT2D eigenvalue weighted by Gasteiger charge is 2.18. The predicted octanol–water partition coefficient (Wildman–Crippen LogP) is 3.97. The second-order valence-electron chi connectivity index (χ2n) is 6.55. The van der Waals surface area contributed by atoms with Crippen LogP contribution in [0.25, 0.3) is 0 Å². The van der Waals surface area contributed by atoms with Gasteiger partial charge in [-0.2, -0.15) is 0 Å². The average molecular weight is 277 g/mol. The fraction of sp³-hybridized carbons (Fsp3) is 0.647. The van der Waals surface area contributed by atoms with Gasteiger partial charge in [-0.1, -0.05) is 26.8 Å². The lowest BCUT2D eigenvalue weighted by Crippen LogP contribution is -2.21. The van der Waals surface area contributed by atoms with Gasteiger partial charge in [0.25, 0.3) is 0 Å². The smallest absolute Gasteiger partial charge is 0.141 e. The van der Waals surface area contributed by atoms with Gasteiger partial charge in [0, 0.05) is 19.3 Å². The maximum atomic E-state index is 5.53. The number of ether oxygens (including phenoxy) is 2. The Morgan fingerprint density at radius 2 is 2.00 bits per heavy atom. The second kappa shape index (κ2) is 6.49. The van der Waals surface area contributed by atoms with Crippen molar-refractivity contribution in [3.8, 4) is 5.75 Å². The second-order valence-corrected chi connectivity index (χ2v) is 6.55. The van der Waals surface area contributed by atoms with Gasteiger partial charge in [0.1, 0.15) is 5.75 Å². The van der Waals surface area contributed by atoms with E-state index in [-0.39, 0.29) is 5.41 Å². The zero-order valence-electron chi connectivity index (χ0n) is 13.2. The van der Waals surface area contributed by atoms with E-state index in [0.717, 1.165) is 43.9 Å². The van der Waals surface area contributed by atoms with Crippen LogP contribution in [-0.2, 0) is 10.2 Å². The molecule has 1 aliphatic heterocycles. The molecule has 0 amide bonds. The Morgan fingerprint density at radius 1 is 1.20 bits per heavy atom. The Hall–Kier alpha value is -1.22. The molecule has 20 heavy (non-hydrogen) atoms. The maximum Gasteiger partial charge on any atom is 0.141 e. The molecule has 1 aliphatic rings. The van der Waals surface area contributed by atoms with Gasteiger partial charge in [0.2, 0.25) is 0 Å². The van der Waals surface area contributed by atoms with Crippen LogP contribution in [-0.4, -0.2) is 26.4 Å². The van der Waals surface area contributed by atoms with Crippen molar-refractivity contribution in [1.29, 1.82) is 0 Å². The number of hydrogen-bond acceptors (Lipinski definition) is 3. The van der Waals surface area contributed by atoms with Gasteiger partial charge in [-0.05, 0) is 42.4 Å². The van der Waals surface area contributed by atoms with Crippen LogP contribution in [0.5, 0.6) is 5.75 Å². The van der Waals surface area contributed by atoms with Crippen molar-refractivity contribution in [2.45, 2.75) is 51.5 Å². The Morgan fingerprint density at radius 3 is 2.70 bits per heavy atom. The van der Waals surface area contributed by atoms with E-state index in [4.69, 9.17) is 9.47 Å². The summed E-state index contributed by atoms with van der Waals surface area (Å²) in [4.78, 5) is 0. The van der Waals surface area contributed by atoms with E-state index in [2.05, 4.69) is 44.3 Å². The Labute approximate surface area is 122 Å². The molecule has 1 aromatic rings. The summed E-state index contributed by atoms with van der Waals surface area (Å²) in [6, 6.07) is 6.92. The van der Waals surface area contributed by atoms with E-state index in [0.29, 0.717) is 6.04 Å². The topological polar surface area (TPSA) is 30.5 Å². The summed E-state index contributed by atoms with van der Waals surface area (Å²) in [5, 5.41) is 3.65. The van der Waals surface area contributed by atoms with E-state index in [1.54, 1.807) is 7.11 Å². The first-order valence-electron chi connectivity index (χ1n) is 7.53. The molecule has 1 unspecified atom stereocenters. The van der Waals surface area contributed by atoms with E-state index < -0.39 is 0 Å². The van der Waals surface area contributed by atoms with Crippen molar-refractivity contribution >= 4 is 5.69 Å². The highest BCUT2D eigenvalue weighted by atomic mass is 16.5. The van der Waals surface area contributed by atoms with Crippen LogP contribution in [0.3, 0.4) is 0 Å². The molecule has 0 radical (unpaired) electrons. The summed E-state index contributed by atoms with van der Waals surface area (Å²) < 4.78 is 11.0. The molecule has 0 bridgehead atoms.